The highest BCUT2D eigenvalue weighted by atomic mass is 16.5. The van der Waals surface area contributed by atoms with Crippen LogP contribution in [0.2, 0.25) is 0 Å². The number of benzene rings is 1. The van der Waals surface area contributed by atoms with Crippen LogP contribution >= 0.6 is 0 Å². The number of hydrogen-bond donors (Lipinski definition) is 1. The average Bonchev–Trinajstić information content (AvgIpc) is 2.95. The van der Waals surface area contributed by atoms with Gasteiger partial charge in [0.05, 0.1) is 6.26 Å². The zero-order valence-electron chi connectivity index (χ0n) is 13.0. The Morgan fingerprint density at radius 3 is 2.57 bits per heavy atom. The molecule has 1 aromatic carbocycles. The lowest BCUT2D eigenvalue weighted by molar-refractivity contribution is 0.270. The number of furan rings is 1. The quantitative estimate of drug-likeness (QED) is 0.698. The third-order valence-electron chi connectivity index (χ3n) is 3.31. The van der Waals surface area contributed by atoms with Crippen molar-refractivity contribution in [2.75, 3.05) is 6.54 Å². The topological polar surface area (TPSA) is 34.4 Å². The van der Waals surface area contributed by atoms with Crippen LogP contribution in [0.25, 0.3) is 0 Å². The van der Waals surface area contributed by atoms with E-state index in [1.165, 1.54) is 17.5 Å². The second-order valence-corrected chi connectivity index (χ2v) is 5.28. The van der Waals surface area contributed by atoms with Gasteiger partial charge in [-0.15, -0.1) is 0 Å². The maximum absolute atomic E-state index is 5.75. The molecule has 0 aliphatic heterocycles. The molecule has 0 aliphatic carbocycles. The lowest BCUT2D eigenvalue weighted by Crippen LogP contribution is -2.13. The predicted molar refractivity (Wildman–Crippen MR) is 85.5 cm³/mol. The van der Waals surface area contributed by atoms with Crippen molar-refractivity contribution in [3.05, 3.63) is 53.5 Å². The molecular weight excluding hydrogens is 262 g/mol. The summed E-state index contributed by atoms with van der Waals surface area (Å²) in [6, 6.07) is 10.4. The molecule has 0 saturated carbocycles. The Labute approximate surface area is 127 Å². The van der Waals surface area contributed by atoms with Crippen LogP contribution < -0.4 is 10.1 Å². The van der Waals surface area contributed by atoms with Gasteiger partial charge in [0, 0.05) is 12.1 Å². The van der Waals surface area contributed by atoms with Crippen molar-refractivity contribution in [1.82, 2.24) is 5.32 Å². The first-order valence-electron chi connectivity index (χ1n) is 7.80. The van der Waals surface area contributed by atoms with Gasteiger partial charge in [0.1, 0.15) is 18.1 Å². The first kappa shape index (κ1) is 15.6. The van der Waals surface area contributed by atoms with Crippen molar-refractivity contribution in [2.24, 2.45) is 0 Å². The van der Waals surface area contributed by atoms with Gasteiger partial charge >= 0.3 is 0 Å². The number of aryl methyl sites for hydroxylation is 1. The summed E-state index contributed by atoms with van der Waals surface area (Å²) >= 11 is 0. The first-order chi connectivity index (χ1) is 10.3. The molecule has 0 amide bonds. The zero-order chi connectivity index (χ0) is 14.9. The molecule has 0 spiro atoms. The van der Waals surface area contributed by atoms with E-state index in [0.29, 0.717) is 6.61 Å². The standard InChI is InChI=1S/C18H25NO2/c1-3-5-15-6-8-17(9-7-15)21-14-18-11-16(13-20-18)12-19-10-4-2/h6-9,11,13,19H,3-5,10,12,14H2,1-2H3. The van der Waals surface area contributed by atoms with Crippen LogP contribution in [0.5, 0.6) is 5.75 Å². The number of ether oxygens (including phenoxy) is 1. The molecule has 0 atom stereocenters. The van der Waals surface area contributed by atoms with Crippen LogP contribution in [-0.2, 0) is 19.6 Å². The van der Waals surface area contributed by atoms with E-state index in [9.17, 15) is 0 Å². The number of rotatable bonds is 9. The highest BCUT2D eigenvalue weighted by molar-refractivity contribution is 5.27. The van der Waals surface area contributed by atoms with Gasteiger partial charge in [-0.3, -0.25) is 0 Å². The Bertz CT molecular complexity index is 516. The SMILES string of the molecule is CCCNCc1coc(COc2ccc(CCC)cc2)c1. The first-order valence-corrected chi connectivity index (χ1v) is 7.80. The van der Waals surface area contributed by atoms with Crippen molar-refractivity contribution < 1.29 is 9.15 Å². The molecule has 0 saturated heterocycles. The molecule has 21 heavy (non-hydrogen) atoms. The van der Waals surface area contributed by atoms with Crippen molar-refractivity contribution in [1.29, 1.82) is 0 Å². The lowest BCUT2D eigenvalue weighted by Gasteiger charge is -2.05. The molecule has 3 nitrogen and oxygen atoms in total. The summed E-state index contributed by atoms with van der Waals surface area (Å²) in [5, 5.41) is 3.36. The molecule has 2 rings (SSSR count). The van der Waals surface area contributed by atoms with Crippen LogP contribution in [0.15, 0.2) is 41.0 Å². The van der Waals surface area contributed by atoms with Crippen LogP contribution in [0.1, 0.15) is 43.6 Å². The summed E-state index contributed by atoms with van der Waals surface area (Å²) in [6.07, 6.45) is 5.22. The molecule has 0 radical (unpaired) electrons. The maximum Gasteiger partial charge on any atom is 0.146 e. The highest BCUT2D eigenvalue weighted by Gasteiger charge is 2.03. The summed E-state index contributed by atoms with van der Waals surface area (Å²) in [6.45, 7) is 6.70. The smallest absolute Gasteiger partial charge is 0.146 e. The van der Waals surface area contributed by atoms with Gasteiger partial charge in [0.15, 0.2) is 0 Å². The fraction of sp³-hybridized carbons (Fsp3) is 0.444. The minimum atomic E-state index is 0.473. The summed E-state index contributed by atoms with van der Waals surface area (Å²) in [5.74, 6) is 1.75. The second kappa shape index (κ2) is 8.53. The molecular formula is C18H25NO2. The molecule has 0 aliphatic rings. The molecule has 114 valence electrons. The largest absolute Gasteiger partial charge is 0.486 e. The second-order valence-electron chi connectivity index (χ2n) is 5.28. The Kier molecular flexibility index (Phi) is 6.35. The third-order valence-corrected chi connectivity index (χ3v) is 3.31. The van der Waals surface area contributed by atoms with Crippen molar-refractivity contribution in [3.8, 4) is 5.75 Å². The van der Waals surface area contributed by atoms with Crippen LogP contribution in [0, 0.1) is 0 Å². The monoisotopic (exact) mass is 287 g/mol. The summed E-state index contributed by atoms with van der Waals surface area (Å²) in [5.41, 5.74) is 2.52. The fourth-order valence-corrected chi connectivity index (χ4v) is 2.20. The number of hydrogen-bond acceptors (Lipinski definition) is 3. The van der Waals surface area contributed by atoms with Gasteiger partial charge in [-0.05, 0) is 43.1 Å². The molecule has 0 bridgehead atoms. The average molecular weight is 287 g/mol. The molecule has 2 aromatic rings. The van der Waals surface area contributed by atoms with Gasteiger partial charge in [-0.25, -0.2) is 0 Å². The van der Waals surface area contributed by atoms with Gasteiger partial charge in [-0.1, -0.05) is 32.4 Å². The van der Waals surface area contributed by atoms with Crippen LogP contribution in [0.3, 0.4) is 0 Å². The zero-order valence-corrected chi connectivity index (χ0v) is 13.0. The molecule has 1 heterocycles. The molecule has 1 N–H and O–H groups in total. The van der Waals surface area contributed by atoms with Crippen molar-refractivity contribution >= 4 is 0 Å². The minimum Gasteiger partial charge on any atom is -0.486 e. The van der Waals surface area contributed by atoms with E-state index >= 15 is 0 Å². The molecule has 3 heteroatoms. The Morgan fingerprint density at radius 1 is 1.05 bits per heavy atom. The summed E-state index contributed by atoms with van der Waals surface area (Å²) in [4.78, 5) is 0. The summed E-state index contributed by atoms with van der Waals surface area (Å²) < 4.78 is 11.3. The molecule has 0 fully saturated rings. The van der Waals surface area contributed by atoms with Crippen LogP contribution in [-0.4, -0.2) is 6.54 Å². The van der Waals surface area contributed by atoms with E-state index in [1.54, 1.807) is 6.26 Å². The predicted octanol–water partition coefficient (Wildman–Crippen LogP) is 4.31. The van der Waals surface area contributed by atoms with E-state index in [0.717, 1.165) is 37.4 Å². The van der Waals surface area contributed by atoms with Gasteiger partial charge in [-0.2, -0.15) is 0 Å². The van der Waals surface area contributed by atoms with Gasteiger partial charge in [0.25, 0.3) is 0 Å². The van der Waals surface area contributed by atoms with Crippen molar-refractivity contribution in [3.63, 3.8) is 0 Å². The van der Waals surface area contributed by atoms with E-state index < -0.39 is 0 Å². The van der Waals surface area contributed by atoms with Crippen molar-refractivity contribution in [2.45, 2.75) is 46.3 Å². The van der Waals surface area contributed by atoms with E-state index in [4.69, 9.17) is 9.15 Å². The van der Waals surface area contributed by atoms with E-state index in [1.807, 2.05) is 18.2 Å². The minimum absolute atomic E-state index is 0.473. The van der Waals surface area contributed by atoms with Gasteiger partial charge in [0.2, 0.25) is 0 Å². The van der Waals surface area contributed by atoms with E-state index in [-0.39, 0.29) is 0 Å². The molecule has 1 aromatic heterocycles. The number of nitrogens with one attached hydrogen (secondary N) is 1. The lowest BCUT2D eigenvalue weighted by atomic mass is 10.1. The normalized spacial score (nSPS) is 10.8. The maximum atomic E-state index is 5.75. The third kappa shape index (κ3) is 5.27. The van der Waals surface area contributed by atoms with Crippen LogP contribution in [0.4, 0.5) is 0 Å². The highest BCUT2D eigenvalue weighted by Crippen LogP contribution is 2.16. The summed E-state index contributed by atoms with van der Waals surface area (Å²) in [7, 11) is 0. The van der Waals surface area contributed by atoms with Gasteiger partial charge < -0.3 is 14.5 Å². The van der Waals surface area contributed by atoms with E-state index in [2.05, 4.69) is 31.3 Å². The fourth-order valence-electron chi connectivity index (χ4n) is 2.20. The Hall–Kier alpha value is -1.74. The Morgan fingerprint density at radius 2 is 1.86 bits per heavy atom. The molecule has 0 unspecified atom stereocenters. The Balaban J connectivity index is 1.79.